The van der Waals surface area contributed by atoms with Crippen molar-refractivity contribution in [3.8, 4) is 0 Å². The second-order valence-electron chi connectivity index (χ2n) is 14.0. The van der Waals surface area contributed by atoms with Crippen molar-refractivity contribution < 1.29 is 9.59 Å². The van der Waals surface area contributed by atoms with Crippen molar-refractivity contribution in [2.75, 3.05) is 39.3 Å². The van der Waals surface area contributed by atoms with Gasteiger partial charge in [0.2, 0.25) is 11.8 Å². The number of carbonyl (C=O) groups is 2. The zero-order valence-corrected chi connectivity index (χ0v) is 27.9. The molecule has 0 saturated carbocycles. The predicted octanol–water partition coefficient (Wildman–Crippen LogP) is 4.76. The van der Waals surface area contributed by atoms with Gasteiger partial charge in [-0.05, 0) is 79.4 Å². The smallest absolute Gasteiger partial charge is 0.245 e. The van der Waals surface area contributed by atoms with Crippen LogP contribution < -0.4 is 10.6 Å². The van der Waals surface area contributed by atoms with Crippen LogP contribution >= 0.6 is 11.6 Å². The van der Waals surface area contributed by atoms with Crippen molar-refractivity contribution in [1.29, 1.82) is 0 Å². The van der Waals surface area contributed by atoms with E-state index in [1.807, 2.05) is 41.3 Å². The van der Waals surface area contributed by atoms with Gasteiger partial charge in [-0.25, -0.2) is 0 Å². The molecule has 3 heterocycles. The van der Waals surface area contributed by atoms with E-state index in [2.05, 4.69) is 60.3 Å². The number of amides is 2. The largest absolute Gasteiger partial charge is 0.343 e. The van der Waals surface area contributed by atoms with Gasteiger partial charge in [0.05, 0.1) is 6.04 Å². The lowest BCUT2D eigenvalue weighted by atomic mass is 9.95. The summed E-state index contributed by atoms with van der Waals surface area (Å²) in [7, 11) is 0. The molecule has 3 atom stereocenters. The van der Waals surface area contributed by atoms with Crippen LogP contribution in [0.1, 0.15) is 63.6 Å². The Balaban J connectivity index is 1.26. The van der Waals surface area contributed by atoms with Crippen molar-refractivity contribution in [3.63, 3.8) is 0 Å². The number of likely N-dealkylation sites (tertiary alicyclic amines) is 2. The number of hydrogen-bond acceptors (Lipinski definition) is 5. The van der Waals surface area contributed by atoms with E-state index < -0.39 is 6.04 Å². The fraction of sp³-hybridized carbons (Fsp3) is 0.611. The maximum absolute atomic E-state index is 14.2. The van der Waals surface area contributed by atoms with Crippen molar-refractivity contribution in [1.82, 2.24) is 25.3 Å². The van der Waals surface area contributed by atoms with Crippen LogP contribution in [0.15, 0.2) is 48.5 Å². The molecular weight excluding hydrogens is 570 g/mol. The third-order valence-corrected chi connectivity index (χ3v) is 9.79. The van der Waals surface area contributed by atoms with Crippen molar-refractivity contribution in [3.05, 3.63) is 70.2 Å². The number of rotatable bonds is 11. The van der Waals surface area contributed by atoms with E-state index >= 15 is 0 Å². The van der Waals surface area contributed by atoms with E-state index in [1.165, 1.54) is 30.5 Å². The van der Waals surface area contributed by atoms with E-state index in [0.717, 1.165) is 44.7 Å². The third-order valence-electron chi connectivity index (χ3n) is 9.53. The highest BCUT2D eigenvalue weighted by atomic mass is 35.5. The second kappa shape index (κ2) is 15.2. The molecule has 8 heteroatoms. The Kier molecular flexibility index (Phi) is 11.4. The van der Waals surface area contributed by atoms with Crippen LogP contribution in [0.4, 0.5) is 0 Å². The van der Waals surface area contributed by atoms with E-state index in [1.54, 1.807) is 0 Å². The standard InChI is InChI=1S/C36H52ClN5O2/c1-25(2)22-40-16-13-31(14-17-40)42(23-26(3)4)32-15-18-41(24-32)36(44)34(19-27-9-11-30(37)12-10-27)39-35(43)33-20-28-7-5-6-8-29(28)21-38-33/h5-12,25-26,31-34,38H,13-24H2,1-4H3,(H,39,43)/t32-,33+,34+/m0/s1. The minimum absolute atomic E-state index is 0.0169. The average molecular weight is 622 g/mol. The van der Waals surface area contributed by atoms with Gasteiger partial charge in [0.15, 0.2) is 0 Å². The summed E-state index contributed by atoms with van der Waals surface area (Å²) >= 11 is 6.16. The van der Waals surface area contributed by atoms with Crippen LogP contribution in [0.2, 0.25) is 5.02 Å². The molecule has 5 rings (SSSR count). The number of hydrogen-bond donors (Lipinski definition) is 2. The molecule has 0 radical (unpaired) electrons. The third kappa shape index (κ3) is 8.63. The summed E-state index contributed by atoms with van der Waals surface area (Å²) in [5.41, 5.74) is 3.40. The number of piperidine rings is 1. The number of benzene rings is 2. The molecule has 0 bridgehead atoms. The highest BCUT2D eigenvalue weighted by molar-refractivity contribution is 6.30. The Morgan fingerprint density at radius 2 is 1.61 bits per heavy atom. The summed E-state index contributed by atoms with van der Waals surface area (Å²) in [5.74, 6) is 1.16. The maximum atomic E-state index is 14.2. The molecule has 2 fully saturated rings. The summed E-state index contributed by atoms with van der Waals surface area (Å²) in [6.07, 6.45) is 4.42. The molecule has 3 aliphatic rings. The van der Waals surface area contributed by atoms with E-state index in [-0.39, 0.29) is 17.9 Å². The highest BCUT2D eigenvalue weighted by Crippen LogP contribution is 2.26. The molecule has 0 spiro atoms. The zero-order chi connectivity index (χ0) is 31.2. The van der Waals surface area contributed by atoms with E-state index in [9.17, 15) is 9.59 Å². The molecule has 7 nitrogen and oxygen atoms in total. The maximum Gasteiger partial charge on any atom is 0.245 e. The van der Waals surface area contributed by atoms with Crippen molar-refractivity contribution in [2.24, 2.45) is 11.8 Å². The molecule has 3 aliphatic heterocycles. The Labute approximate surface area is 269 Å². The van der Waals surface area contributed by atoms with Crippen LogP contribution in [0.5, 0.6) is 0 Å². The fourth-order valence-corrected chi connectivity index (χ4v) is 7.50. The van der Waals surface area contributed by atoms with Gasteiger partial charge in [0, 0.05) is 56.3 Å². The number of carbonyl (C=O) groups excluding carboxylic acids is 2. The first-order valence-electron chi connectivity index (χ1n) is 16.8. The first kappa shape index (κ1) is 32.9. The van der Waals surface area contributed by atoms with E-state index in [0.29, 0.717) is 48.3 Å². The monoisotopic (exact) mass is 621 g/mol. The SMILES string of the molecule is CC(C)CN1CCC(N(CC(C)C)[C@H]2CCN(C(=O)[C@@H](Cc3ccc(Cl)cc3)NC(=O)[C@H]3Cc4ccccc4CN3)C2)CC1. The molecule has 2 aromatic rings. The van der Waals surface area contributed by atoms with Crippen LogP contribution in [-0.2, 0) is 29.0 Å². The highest BCUT2D eigenvalue weighted by Gasteiger charge is 2.38. The quantitative estimate of drug-likeness (QED) is 0.379. The van der Waals surface area contributed by atoms with Gasteiger partial charge in [-0.1, -0.05) is 75.7 Å². The first-order valence-corrected chi connectivity index (χ1v) is 17.2. The van der Waals surface area contributed by atoms with Gasteiger partial charge in [0.25, 0.3) is 0 Å². The number of halogens is 1. The van der Waals surface area contributed by atoms with Gasteiger partial charge in [0.1, 0.15) is 6.04 Å². The minimum Gasteiger partial charge on any atom is -0.343 e. The summed E-state index contributed by atoms with van der Waals surface area (Å²) in [4.78, 5) is 35.1. The molecule has 2 aromatic carbocycles. The predicted molar refractivity (Wildman–Crippen MR) is 179 cm³/mol. The summed E-state index contributed by atoms with van der Waals surface area (Å²) < 4.78 is 0. The lowest BCUT2D eigenvalue weighted by Crippen LogP contribution is -2.56. The molecule has 44 heavy (non-hydrogen) atoms. The van der Waals surface area contributed by atoms with Crippen molar-refractivity contribution >= 4 is 23.4 Å². The normalized spacial score (nSPS) is 22.0. The lowest BCUT2D eigenvalue weighted by molar-refractivity contribution is -0.136. The van der Waals surface area contributed by atoms with Gasteiger partial charge in [-0.15, -0.1) is 0 Å². The van der Waals surface area contributed by atoms with Crippen LogP contribution in [0.3, 0.4) is 0 Å². The Hall–Kier alpha value is -2.45. The van der Waals surface area contributed by atoms with Gasteiger partial charge < -0.3 is 20.4 Å². The van der Waals surface area contributed by atoms with Gasteiger partial charge in [-0.2, -0.15) is 0 Å². The molecule has 2 saturated heterocycles. The zero-order valence-electron chi connectivity index (χ0n) is 27.1. The lowest BCUT2D eigenvalue weighted by Gasteiger charge is -2.42. The molecule has 240 valence electrons. The second-order valence-corrected chi connectivity index (χ2v) is 14.5. The van der Waals surface area contributed by atoms with Crippen LogP contribution in [0.25, 0.3) is 0 Å². The van der Waals surface area contributed by atoms with Gasteiger partial charge >= 0.3 is 0 Å². The molecule has 0 unspecified atom stereocenters. The average Bonchev–Trinajstić information content (AvgIpc) is 3.50. The molecule has 2 amide bonds. The van der Waals surface area contributed by atoms with Gasteiger partial charge in [-0.3, -0.25) is 14.5 Å². The summed E-state index contributed by atoms with van der Waals surface area (Å²) in [6, 6.07) is 15.8. The Bertz CT molecular complexity index is 1240. The minimum atomic E-state index is -0.626. The first-order chi connectivity index (χ1) is 21.2. The van der Waals surface area contributed by atoms with Crippen LogP contribution in [-0.4, -0.2) is 89.9 Å². The molecular formula is C36H52ClN5O2. The summed E-state index contributed by atoms with van der Waals surface area (Å²) in [6.45, 7) is 15.8. The number of nitrogens with one attached hydrogen (secondary N) is 2. The fourth-order valence-electron chi connectivity index (χ4n) is 7.37. The molecule has 0 aromatic heterocycles. The summed E-state index contributed by atoms with van der Waals surface area (Å²) in [5, 5.41) is 7.22. The Morgan fingerprint density at radius 1 is 0.932 bits per heavy atom. The molecule has 0 aliphatic carbocycles. The van der Waals surface area contributed by atoms with E-state index in [4.69, 9.17) is 11.6 Å². The van der Waals surface area contributed by atoms with Crippen LogP contribution in [0, 0.1) is 11.8 Å². The Morgan fingerprint density at radius 3 is 2.30 bits per heavy atom. The number of fused-ring (bicyclic) bond motifs is 1. The molecule has 2 N–H and O–H groups in total. The number of nitrogens with zero attached hydrogens (tertiary/aromatic N) is 3. The van der Waals surface area contributed by atoms with Crippen molar-refractivity contribution in [2.45, 2.75) is 90.5 Å². The topological polar surface area (TPSA) is 67.9 Å².